The van der Waals surface area contributed by atoms with Gasteiger partial charge in [0.25, 0.3) is 0 Å². The van der Waals surface area contributed by atoms with E-state index < -0.39 is 0 Å². The van der Waals surface area contributed by atoms with Gasteiger partial charge in [0.05, 0.1) is 17.1 Å². The quantitative estimate of drug-likeness (QED) is 0.330. The Bertz CT molecular complexity index is 1110. The molecule has 1 N–H and O–H groups in total. The minimum atomic E-state index is 0.0296. The van der Waals surface area contributed by atoms with Crippen molar-refractivity contribution in [2.24, 2.45) is 0 Å². The number of carbonyl (C=O) groups excluding carboxylic acids is 1. The third-order valence-corrected chi connectivity index (χ3v) is 5.90. The first-order valence-electron chi connectivity index (χ1n) is 9.99. The summed E-state index contributed by atoms with van der Waals surface area (Å²) in [6, 6.07) is 13.9. The molecule has 1 aromatic carbocycles. The molecule has 0 unspecified atom stereocenters. The Hall–Kier alpha value is -3.19. The number of H-pyrrole nitrogens is 1. The van der Waals surface area contributed by atoms with Gasteiger partial charge >= 0.3 is 0 Å². The Balaban J connectivity index is 1.81. The molecule has 0 fully saturated rings. The number of Topliss-reactive ketones (excluding diaryl/α,β-unsaturated/α-hetero) is 1. The molecule has 0 spiro atoms. The molecule has 0 radical (unpaired) electrons. The third kappa shape index (κ3) is 3.93. The summed E-state index contributed by atoms with van der Waals surface area (Å²) in [7, 11) is 0. The van der Waals surface area contributed by atoms with Gasteiger partial charge < -0.3 is 4.98 Å². The second kappa shape index (κ2) is 9.09. The van der Waals surface area contributed by atoms with E-state index in [1.807, 2.05) is 18.2 Å². The molecule has 0 saturated carbocycles. The molecule has 0 aliphatic heterocycles. The van der Waals surface area contributed by atoms with E-state index in [-0.39, 0.29) is 11.5 Å². The topological polar surface area (TPSA) is 76.5 Å². The Morgan fingerprint density at radius 3 is 2.47 bits per heavy atom. The number of ketones is 1. The highest BCUT2D eigenvalue weighted by Gasteiger charge is 2.21. The summed E-state index contributed by atoms with van der Waals surface area (Å²) in [5, 5.41) is 9.64. The second-order valence-electron chi connectivity index (χ2n) is 6.81. The predicted octanol–water partition coefficient (Wildman–Crippen LogP) is 4.76. The Morgan fingerprint density at radius 1 is 1.03 bits per heavy atom. The standard InChI is InChI=1S/C23H23N5OS/c1-3-16-8-5-9-17(4-2)21(16)28-22(18-10-6-12-24-14-18)26-27-23(28)30-15-20(29)19-11-7-13-25-19/h5-14,25H,3-4,15H2,1-2H3. The zero-order valence-electron chi connectivity index (χ0n) is 17.0. The van der Waals surface area contributed by atoms with Crippen LogP contribution in [0.2, 0.25) is 0 Å². The molecule has 30 heavy (non-hydrogen) atoms. The molecule has 7 heteroatoms. The largest absolute Gasteiger partial charge is 0.359 e. The van der Waals surface area contributed by atoms with Gasteiger partial charge in [-0.15, -0.1) is 10.2 Å². The molecule has 0 saturated heterocycles. The lowest BCUT2D eigenvalue weighted by Gasteiger charge is -2.17. The first kappa shape index (κ1) is 20.1. The molecular weight excluding hydrogens is 394 g/mol. The summed E-state index contributed by atoms with van der Waals surface area (Å²) in [5.74, 6) is 1.04. The van der Waals surface area contributed by atoms with Crippen LogP contribution >= 0.6 is 11.8 Å². The maximum Gasteiger partial charge on any atom is 0.196 e. The average molecular weight is 418 g/mol. The summed E-state index contributed by atoms with van der Waals surface area (Å²) >= 11 is 1.40. The van der Waals surface area contributed by atoms with Crippen molar-refractivity contribution >= 4 is 17.5 Å². The Labute approximate surface area is 179 Å². The normalized spacial score (nSPS) is 11.0. The SMILES string of the molecule is CCc1cccc(CC)c1-n1c(SCC(=O)c2ccc[nH]2)nnc1-c1cccnc1. The van der Waals surface area contributed by atoms with Gasteiger partial charge in [-0.3, -0.25) is 14.3 Å². The number of nitrogens with one attached hydrogen (secondary N) is 1. The number of rotatable bonds is 8. The van der Waals surface area contributed by atoms with Gasteiger partial charge in [-0.1, -0.05) is 43.8 Å². The lowest BCUT2D eigenvalue weighted by atomic mass is 10.0. The van der Waals surface area contributed by atoms with Crippen molar-refractivity contribution in [3.8, 4) is 17.1 Å². The smallest absolute Gasteiger partial charge is 0.196 e. The second-order valence-corrected chi connectivity index (χ2v) is 7.75. The number of carbonyl (C=O) groups is 1. The van der Waals surface area contributed by atoms with Crippen molar-refractivity contribution in [3.05, 3.63) is 77.9 Å². The van der Waals surface area contributed by atoms with Gasteiger partial charge in [0.1, 0.15) is 0 Å². The van der Waals surface area contributed by atoms with Gasteiger partial charge in [-0.2, -0.15) is 0 Å². The van der Waals surface area contributed by atoms with Gasteiger partial charge in [-0.05, 0) is 48.2 Å². The summed E-state index contributed by atoms with van der Waals surface area (Å²) < 4.78 is 2.08. The number of thioether (sulfide) groups is 1. The monoisotopic (exact) mass is 417 g/mol. The lowest BCUT2D eigenvalue weighted by molar-refractivity contribution is 0.101. The van der Waals surface area contributed by atoms with Crippen LogP contribution in [-0.4, -0.2) is 36.3 Å². The number of aromatic amines is 1. The highest BCUT2D eigenvalue weighted by atomic mass is 32.2. The minimum absolute atomic E-state index is 0.0296. The highest BCUT2D eigenvalue weighted by Crippen LogP contribution is 2.32. The third-order valence-electron chi connectivity index (χ3n) is 4.97. The number of hydrogen-bond acceptors (Lipinski definition) is 5. The molecule has 152 valence electrons. The van der Waals surface area contributed by atoms with Crippen LogP contribution in [0.15, 0.2) is 66.2 Å². The molecule has 0 aliphatic rings. The molecular formula is C23H23N5OS. The van der Waals surface area contributed by atoms with E-state index in [9.17, 15) is 4.79 Å². The van der Waals surface area contributed by atoms with Crippen molar-refractivity contribution in [2.45, 2.75) is 31.8 Å². The molecule has 0 aliphatic carbocycles. The van der Waals surface area contributed by atoms with Gasteiger partial charge in [-0.25, -0.2) is 0 Å². The fraction of sp³-hybridized carbons (Fsp3) is 0.217. The van der Waals surface area contributed by atoms with Gasteiger partial charge in [0.15, 0.2) is 16.8 Å². The number of nitrogens with zero attached hydrogens (tertiary/aromatic N) is 4. The highest BCUT2D eigenvalue weighted by molar-refractivity contribution is 7.99. The Morgan fingerprint density at radius 2 is 1.83 bits per heavy atom. The zero-order valence-corrected chi connectivity index (χ0v) is 17.8. The number of benzene rings is 1. The molecule has 0 bridgehead atoms. The van der Waals surface area contributed by atoms with Crippen molar-refractivity contribution in [2.75, 3.05) is 5.75 Å². The van der Waals surface area contributed by atoms with E-state index in [0.717, 1.165) is 29.9 Å². The molecule has 3 aromatic heterocycles. The number of para-hydroxylation sites is 1. The van der Waals surface area contributed by atoms with Crippen LogP contribution < -0.4 is 0 Å². The molecule has 0 amide bonds. The predicted molar refractivity (Wildman–Crippen MR) is 119 cm³/mol. The van der Waals surface area contributed by atoms with Gasteiger partial charge in [0.2, 0.25) is 0 Å². The van der Waals surface area contributed by atoms with E-state index in [0.29, 0.717) is 10.9 Å². The van der Waals surface area contributed by atoms with Crippen LogP contribution in [0, 0.1) is 0 Å². The summed E-state index contributed by atoms with van der Waals surface area (Å²) in [5.41, 5.74) is 5.03. The zero-order chi connectivity index (χ0) is 20.9. The van der Waals surface area contributed by atoms with E-state index in [4.69, 9.17) is 0 Å². The molecule has 4 aromatic rings. The van der Waals surface area contributed by atoms with Crippen LogP contribution in [0.1, 0.15) is 35.5 Å². The van der Waals surface area contributed by atoms with Crippen LogP contribution in [0.4, 0.5) is 0 Å². The molecule has 6 nitrogen and oxygen atoms in total. The molecule has 3 heterocycles. The fourth-order valence-electron chi connectivity index (χ4n) is 3.46. The van der Waals surface area contributed by atoms with E-state index in [1.165, 1.54) is 22.9 Å². The summed E-state index contributed by atoms with van der Waals surface area (Å²) in [4.78, 5) is 19.8. The number of hydrogen-bond donors (Lipinski definition) is 1. The maximum absolute atomic E-state index is 12.5. The van der Waals surface area contributed by atoms with E-state index >= 15 is 0 Å². The van der Waals surface area contributed by atoms with Crippen molar-refractivity contribution in [1.82, 2.24) is 24.7 Å². The average Bonchev–Trinajstić information content (AvgIpc) is 3.47. The van der Waals surface area contributed by atoms with Crippen LogP contribution in [0.5, 0.6) is 0 Å². The molecule has 0 atom stereocenters. The summed E-state index contributed by atoms with van der Waals surface area (Å²) in [6.07, 6.45) is 7.07. The van der Waals surface area contributed by atoms with E-state index in [1.54, 1.807) is 24.7 Å². The van der Waals surface area contributed by atoms with Crippen molar-refractivity contribution < 1.29 is 4.79 Å². The van der Waals surface area contributed by atoms with Crippen LogP contribution in [0.25, 0.3) is 17.1 Å². The maximum atomic E-state index is 12.5. The first-order valence-corrected chi connectivity index (χ1v) is 11.0. The minimum Gasteiger partial charge on any atom is -0.359 e. The number of aryl methyl sites for hydroxylation is 2. The van der Waals surface area contributed by atoms with Crippen LogP contribution in [0.3, 0.4) is 0 Å². The van der Waals surface area contributed by atoms with Gasteiger partial charge in [0, 0.05) is 24.2 Å². The fourth-order valence-corrected chi connectivity index (χ4v) is 4.28. The molecule has 4 rings (SSSR count). The summed E-state index contributed by atoms with van der Waals surface area (Å²) in [6.45, 7) is 4.29. The van der Waals surface area contributed by atoms with Crippen LogP contribution in [-0.2, 0) is 12.8 Å². The van der Waals surface area contributed by atoms with E-state index in [2.05, 4.69) is 56.8 Å². The lowest BCUT2D eigenvalue weighted by Crippen LogP contribution is -2.09. The first-order chi connectivity index (χ1) is 14.7. The number of aromatic nitrogens is 5. The van der Waals surface area contributed by atoms with Crippen molar-refractivity contribution in [1.29, 1.82) is 0 Å². The number of pyridine rings is 1. The van der Waals surface area contributed by atoms with Crippen molar-refractivity contribution in [3.63, 3.8) is 0 Å². The Kier molecular flexibility index (Phi) is 6.09.